The van der Waals surface area contributed by atoms with Crippen LogP contribution >= 0.6 is 0 Å². The number of nitrogens with zero attached hydrogens (tertiary/aromatic N) is 1. The maximum absolute atomic E-state index is 10.8. The van der Waals surface area contributed by atoms with Gasteiger partial charge in [0.15, 0.2) is 0 Å². The molecular formula is C8H11NO4. The van der Waals surface area contributed by atoms with E-state index < -0.39 is 23.9 Å². The third kappa shape index (κ3) is 1.11. The van der Waals surface area contributed by atoms with Crippen molar-refractivity contribution in [3.05, 3.63) is 0 Å². The van der Waals surface area contributed by atoms with Gasteiger partial charge in [-0.05, 0) is 18.9 Å². The van der Waals surface area contributed by atoms with Crippen molar-refractivity contribution in [3.8, 4) is 0 Å². The van der Waals surface area contributed by atoms with Crippen molar-refractivity contribution in [2.24, 2.45) is 11.8 Å². The lowest BCUT2D eigenvalue weighted by Crippen LogP contribution is -2.45. The molecule has 2 N–H and O–H groups in total. The fourth-order valence-electron chi connectivity index (χ4n) is 2.49. The van der Waals surface area contributed by atoms with Crippen LogP contribution in [-0.2, 0) is 9.59 Å². The van der Waals surface area contributed by atoms with Crippen LogP contribution in [0.15, 0.2) is 0 Å². The van der Waals surface area contributed by atoms with Gasteiger partial charge in [0.2, 0.25) is 0 Å². The van der Waals surface area contributed by atoms with E-state index in [1.165, 1.54) is 0 Å². The Morgan fingerprint density at radius 2 is 1.92 bits per heavy atom. The highest BCUT2D eigenvalue weighted by Crippen LogP contribution is 2.38. The standard InChI is InChI=1S/C8H11NO4/c10-7(11)5-4-1-2-9(3-4)6(5)8(12)13/h4-6H,1-3H2,(H,10,11)(H,12,13). The van der Waals surface area contributed by atoms with Gasteiger partial charge in [-0.2, -0.15) is 0 Å². The number of piperidine rings is 1. The Kier molecular flexibility index (Phi) is 1.76. The molecule has 2 heterocycles. The SMILES string of the molecule is O=C(O)C1C2CCN(C2)C1C(=O)O. The minimum atomic E-state index is -1.00. The number of fused-ring (bicyclic) bond motifs is 2. The van der Waals surface area contributed by atoms with E-state index in [-0.39, 0.29) is 5.92 Å². The van der Waals surface area contributed by atoms with Gasteiger partial charge in [0.05, 0.1) is 5.92 Å². The highest BCUT2D eigenvalue weighted by atomic mass is 16.4. The summed E-state index contributed by atoms with van der Waals surface area (Å²) in [6, 6.07) is -0.795. The van der Waals surface area contributed by atoms with Crippen molar-refractivity contribution in [2.45, 2.75) is 12.5 Å². The Morgan fingerprint density at radius 3 is 2.38 bits per heavy atom. The lowest BCUT2D eigenvalue weighted by Gasteiger charge is -2.25. The summed E-state index contributed by atoms with van der Waals surface area (Å²) in [7, 11) is 0. The maximum atomic E-state index is 10.8. The van der Waals surface area contributed by atoms with Gasteiger partial charge >= 0.3 is 11.9 Å². The molecule has 2 rings (SSSR count). The molecule has 5 nitrogen and oxygen atoms in total. The summed E-state index contributed by atoms with van der Waals surface area (Å²) in [6.07, 6.45) is 0.820. The fraction of sp³-hybridized carbons (Fsp3) is 0.750. The minimum Gasteiger partial charge on any atom is -0.481 e. The second-order valence-electron chi connectivity index (χ2n) is 3.69. The van der Waals surface area contributed by atoms with Crippen molar-refractivity contribution in [2.75, 3.05) is 13.1 Å². The molecule has 4 unspecified atom stereocenters. The predicted octanol–water partition coefficient (Wildman–Crippen LogP) is -0.524. The molecule has 2 aliphatic rings. The number of carbonyl (C=O) groups is 2. The van der Waals surface area contributed by atoms with Crippen LogP contribution in [0.1, 0.15) is 6.42 Å². The van der Waals surface area contributed by atoms with E-state index in [2.05, 4.69) is 0 Å². The zero-order valence-corrected chi connectivity index (χ0v) is 7.01. The molecule has 0 aromatic carbocycles. The van der Waals surface area contributed by atoms with Gasteiger partial charge in [0.1, 0.15) is 6.04 Å². The van der Waals surface area contributed by atoms with Gasteiger partial charge in [-0.1, -0.05) is 0 Å². The number of aliphatic carboxylic acids is 2. The molecule has 2 fully saturated rings. The average Bonchev–Trinajstić information content (AvgIpc) is 2.60. The van der Waals surface area contributed by atoms with Crippen molar-refractivity contribution < 1.29 is 19.8 Å². The van der Waals surface area contributed by atoms with Crippen LogP contribution in [0.3, 0.4) is 0 Å². The number of hydrogen-bond acceptors (Lipinski definition) is 3. The van der Waals surface area contributed by atoms with E-state index in [1.807, 2.05) is 0 Å². The average molecular weight is 185 g/mol. The van der Waals surface area contributed by atoms with Crippen LogP contribution in [0.25, 0.3) is 0 Å². The van der Waals surface area contributed by atoms with E-state index in [4.69, 9.17) is 10.2 Å². The number of carboxylic acids is 2. The number of rotatable bonds is 2. The zero-order valence-electron chi connectivity index (χ0n) is 7.01. The molecule has 0 amide bonds. The summed E-state index contributed by atoms with van der Waals surface area (Å²) in [4.78, 5) is 23.4. The molecule has 0 aromatic heterocycles. The Morgan fingerprint density at radius 1 is 1.23 bits per heavy atom. The molecule has 72 valence electrons. The Hall–Kier alpha value is -1.10. The molecule has 4 atom stereocenters. The summed E-state index contributed by atoms with van der Waals surface area (Å²) < 4.78 is 0. The molecule has 13 heavy (non-hydrogen) atoms. The molecule has 2 bridgehead atoms. The minimum absolute atomic E-state index is 0.0404. The van der Waals surface area contributed by atoms with Crippen LogP contribution in [0.4, 0.5) is 0 Å². The number of carboxylic acid groups (broad SMARTS) is 2. The highest BCUT2D eigenvalue weighted by molar-refractivity contribution is 5.84. The summed E-state index contributed by atoms with van der Waals surface area (Å²) in [5.41, 5.74) is 0. The van der Waals surface area contributed by atoms with Gasteiger partial charge in [-0.3, -0.25) is 14.5 Å². The van der Waals surface area contributed by atoms with Gasteiger partial charge < -0.3 is 10.2 Å². The van der Waals surface area contributed by atoms with Crippen LogP contribution < -0.4 is 0 Å². The summed E-state index contributed by atoms with van der Waals surface area (Å²) in [5.74, 6) is -2.64. The molecule has 0 saturated carbocycles. The molecule has 0 aromatic rings. The predicted molar refractivity (Wildman–Crippen MR) is 42.2 cm³/mol. The van der Waals surface area contributed by atoms with E-state index in [1.54, 1.807) is 4.90 Å². The van der Waals surface area contributed by atoms with Crippen molar-refractivity contribution in [1.29, 1.82) is 0 Å². The van der Waals surface area contributed by atoms with Gasteiger partial charge in [-0.25, -0.2) is 0 Å². The first-order valence-electron chi connectivity index (χ1n) is 4.31. The fourth-order valence-corrected chi connectivity index (χ4v) is 2.49. The zero-order chi connectivity index (χ0) is 9.59. The maximum Gasteiger partial charge on any atom is 0.321 e. The first kappa shape index (κ1) is 8.50. The topological polar surface area (TPSA) is 77.8 Å². The Bertz CT molecular complexity index is 239. The molecule has 2 saturated heterocycles. The lowest BCUT2D eigenvalue weighted by molar-refractivity contribution is -0.154. The molecule has 0 spiro atoms. The first-order chi connectivity index (χ1) is 6.11. The van der Waals surface area contributed by atoms with E-state index in [0.29, 0.717) is 6.54 Å². The van der Waals surface area contributed by atoms with E-state index >= 15 is 0 Å². The lowest BCUT2D eigenvalue weighted by atomic mass is 9.87. The monoisotopic (exact) mass is 185 g/mol. The van der Waals surface area contributed by atoms with Crippen molar-refractivity contribution in [1.82, 2.24) is 4.90 Å². The van der Waals surface area contributed by atoms with Crippen LogP contribution in [0.2, 0.25) is 0 Å². The van der Waals surface area contributed by atoms with Gasteiger partial charge in [0.25, 0.3) is 0 Å². The van der Waals surface area contributed by atoms with E-state index in [9.17, 15) is 9.59 Å². The summed E-state index contributed by atoms with van der Waals surface area (Å²) in [5, 5.41) is 17.7. The molecule has 0 radical (unpaired) electrons. The van der Waals surface area contributed by atoms with Gasteiger partial charge in [0, 0.05) is 6.54 Å². The third-order valence-corrected chi connectivity index (χ3v) is 3.04. The molecule has 2 aliphatic heterocycles. The number of hydrogen-bond donors (Lipinski definition) is 2. The molecule has 5 heteroatoms. The Balaban J connectivity index is 2.24. The van der Waals surface area contributed by atoms with E-state index in [0.717, 1.165) is 13.0 Å². The van der Waals surface area contributed by atoms with Crippen molar-refractivity contribution >= 4 is 11.9 Å². The third-order valence-electron chi connectivity index (χ3n) is 3.04. The quantitative estimate of drug-likeness (QED) is 0.605. The van der Waals surface area contributed by atoms with Crippen molar-refractivity contribution in [3.63, 3.8) is 0 Å². The summed E-state index contributed by atoms with van der Waals surface area (Å²) >= 11 is 0. The van der Waals surface area contributed by atoms with Crippen LogP contribution in [0.5, 0.6) is 0 Å². The second kappa shape index (κ2) is 2.70. The van der Waals surface area contributed by atoms with Gasteiger partial charge in [-0.15, -0.1) is 0 Å². The second-order valence-corrected chi connectivity index (χ2v) is 3.69. The molecular weight excluding hydrogens is 174 g/mol. The van der Waals surface area contributed by atoms with Crippen LogP contribution in [-0.4, -0.2) is 46.2 Å². The first-order valence-corrected chi connectivity index (χ1v) is 4.31. The molecule has 0 aliphatic carbocycles. The highest BCUT2D eigenvalue weighted by Gasteiger charge is 2.53. The van der Waals surface area contributed by atoms with Crippen LogP contribution in [0, 0.1) is 11.8 Å². The Labute approximate surface area is 75.0 Å². The summed E-state index contributed by atoms with van der Waals surface area (Å²) in [6.45, 7) is 1.36. The normalized spacial score (nSPS) is 42.2. The smallest absolute Gasteiger partial charge is 0.321 e. The largest absolute Gasteiger partial charge is 0.481 e.